The molecule has 0 saturated heterocycles. The highest BCUT2D eigenvalue weighted by molar-refractivity contribution is 6.26. The Hall–Kier alpha value is -1.63. The molecule has 0 bridgehead atoms. The Kier molecular flexibility index (Phi) is 7.06. The minimum absolute atomic E-state index is 0.447. The van der Waals surface area contributed by atoms with E-state index in [1.165, 1.54) is 14.2 Å². The third kappa shape index (κ3) is 7.40. The van der Waals surface area contributed by atoms with Gasteiger partial charge in [-0.25, -0.2) is 4.79 Å². The van der Waals surface area contributed by atoms with Crippen molar-refractivity contribution in [3.8, 4) is 0 Å². The van der Waals surface area contributed by atoms with Gasteiger partial charge in [0.1, 0.15) is 13.3 Å². The fourth-order valence-corrected chi connectivity index (χ4v) is 1.41. The van der Waals surface area contributed by atoms with E-state index in [9.17, 15) is 9.59 Å². The number of esters is 1. The van der Waals surface area contributed by atoms with Crippen LogP contribution in [0.15, 0.2) is 5.16 Å². The molecule has 0 aliphatic heterocycles. The zero-order chi connectivity index (χ0) is 15.1. The number of hydrogen-bond acceptors (Lipinski definition) is 6. The fraction of sp³-hybridized carbons (Fsp3) is 0.750. The molecule has 0 rings (SSSR count). The van der Waals surface area contributed by atoms with E-state index < -0.39 is 29.6 Å². The van der Waals surface area contributed by atoms with E-state index in [0.29, 0.717) is 0 Å². The molecule has 1 amide bonds. The summed E-state index contributed by atoms with van der Waals surface area (Å²) in [6.07, 6.45) is 0.382. The zero-order valence-electron chi connectivity index (χ0n) is 12.2. The molecule has 0 heterocycles. The van der Waals surface area contributed by atoms with E-state index >= 15 is 0 Å². The molecule has 0 aromatic rings. The number of amides is 1. The van der Waals surface area contributed by atoms with Gasteiger partial charge in [-0.15, -0.1) is 0 Å². The Balaban J connectivity index is 4.77. The number of nitrogens with one attached hydrogen (secondary N) is 1. The molecule has 7 nitrogen and oxygen atoms in total. The summed E-state index contributed by atoms with van der Waals surface area (Å²) in [5, 5.41) is 5.77. The average molecular weight is 274 g/mol. The minimum Gasteiger partial charge on any atom is -0.467 e. The lowest BCUT2D eigenvalue weighted by atomic mass is 10.1. The first-order chi connectivity index (χ1) is 8.71. The number of rotatable bonds is 6. The quantitative estimate of drug-likeness (QED) is 0.432. The Morgan fingerprint density at radius 2 is 1.84 bits per heavy atom. The second kappa shape index (κ2) is 7.73. The molecular formula is C12H22N2O5. The normalized spacial score (nSPS) is 14.8. The highest BCUT2D eigenvalue weighted by atomic mass is 16.6. The Bertz CT molecular complexity index is 336. The molecule has 0 radical (unpaired) electrons. The van der Waals surface area contributed by atoms with Crippen LogP contribution in [0.4, 0.5) is 0 Å². The van der Waals surface area contributed by atoms with Gasteiger partial charge in [0.2, 0.25) is 0 Å². The summed E-state index contributed by atoms with van der Waals surface area (Å²) in [7, 11) is 2.56. The molecule has 110 valence electrons. The lowest BCUT2D eigenvalue weighted by Gasteiger charge is -2.29. The molecule has 0 fully saturated rings. The first-order valence-corrected chi connectivity index (χ1v) is 5.84. The summed E-state index contributed by atoms with van der Waals surface area (Å²) in [5.41, 5.74) is -0.447. The maximum Gasteiger partial charge on any atom is 0.331 e. The van der Waals surface area contributed by atoms with E-state index in [0.717, 1.165) is 6.21 Å². The van der Waals surface area contributed by atoms with Crippen LogP contribution < -0.4 is 5.32 Å². The number of nitrogens with zero attached hydrogens (tertiary/aromatic N) is 1. The Morgan fingerprint density at radius 1 is 1.26 bits per heavy atom. The van der Waals surface area contributed by atoms with Crippen molar-refractivity contribution in [1.82, 2.24) is 5.32 Å². The van der Waals surface area contributed by atoms with Crippen LogP contribution in [-0.4, -0.2) is 50.1 Å². The largest absolute Gasteiger partial charge is 0.467 e. The lowest BCUT2D eigenvalue weighted by molar-refractivity contribution is -0.152. The van der Waals surface area contributed by atoms with Crippen molar-refractivity contribution in [3.05, 3.63) is 0 Å². The molecule has 0 saturated carbocycles. The number of oxime groups is 1. The second-order valence-corrected chi connectivity index (χ2v) is 4.86. The monoisotopic (exact) mass is 274 g/mol. The van der Waals surface area contributed by atoms with Crippen molar-refractivity contribution in [1.29, 1.82) is 0 Å². The van der Waals surface area contributed by atoms with Crippen LogP contribution in [0, 0.1) is 0 Å². The van der Waals surface area contributed by atoms with Crippen LogP contribution in [0.2, 0.25) is 0 Å². The number of methoxy groups -OCH3 is 1. The van der Waals surface area contributed by atoms with Crippen LogP contribution in [-0.2, 0) is 23.9 Å². The Labute approximate surface area is 113 Å². The smallest absolute Gasteiger partial charge is 0.331 e. The maximum atomic E-state index is 11.7. The molecule has 0 spiro atoms. The van der Waals surface area contributed by atoms with E-state index in [-0.39, 0.29) is 0 Å². The highest BCUT2D eigenvalue weighted by Crippen LogP contribution is 2.13. The highest BCUT2D eigenvalue weighted by Gasteiger charge is 2.31. The number of hydrogen-bond donors (Lipinski definition) is 1. The molecule has 0 aliphatic carbocycles. The molecule has 0 unspecified atom stereocenters. The molecular weight excluding hydrogens is 252 g/mol. The summed E-state index contributed by atoms with van der Waals surface area (Å²) in [6, 6.07) is -0.917. The molecule has 1 N–H and O–H groups in total. The Morgan fingerprint density at radius 3 is 2.26 bits per heavy atom. The third-order valence-corrected chi connectivity index (χ3v) is 2.04. The third-order valence-electron chi connectivity index (χ3n) is 2.04. The van der Waals surface area contributed by atoms with Crippen LogP contribution in [0.3, 0.4) is 0 Å². The van der Waals surface area contributed by atoms with Crippen molar-refractivity contribution in [2.45, 2.75) is 45.4 Å². The predicted molar refractivity (Wildman–Crippen MR) is 69.7 cm³/mol. The van der Waals surface area contributed by atoms with Gasteiger partial charge < -0.3 is 19.6 Å². The van der Waals surface area contributed by atoms with Crippen molar-refractivity contribution < 1.29 is 23.9 Å². The van der Waals surface area contributed by atoms with Crippen molar-refractivity contribution >= 4 is 18.1 Å². The van der Waals surface area contributed by atoms with E-state index in [1.807, 2.05) is 20.8 Å². The van der Waals surface area contributed by atoms with Crippen LogP contribution in [0.25, 0.3) is 0 Å². The van der Waals surface area contributed by atoms with Gasteiger partial charge in [0.05, 0.1) is 18.8 Å². The zero-order valence-corrected chi connectivity index (χ0v) is 12.2. The first kappa shape index (κ1) is 17.4. The molecule has 0 aromatic carbocycles. The summed E-state index contributed by atoms with van der Waals surface area (Å²) in [6.45, 7) is 7.24. The lowest BCUT2D eigenvalue weighted by Crippen LogP contribution is -2.51. The molecule has 19 heavy (non-hydrogen) atoms. The van der Waals surface area contributed by atoms with Crippen LogP contribution in [0.1, 0.15) is 27.7 Å². The topological polar surface area (TPSA) is 86.2 Å². The predicted octanol–water partition coefficient (Wildman–Crippen LogP) is 0.480. The van der Waals surface area contributed by atoms with Gasteiger partial charge in [0.25, 0.3) is 5.91 Å². The van der Waals surface area contributed by atoms with Crippen LogP contribution >= 0.6 is 0 Å². The van der Waals surface area contributed by atoms with Gasteiger partial charge in [0.15, 0.2) is 6.04 Å². The molecule has 0 aliphatic rings. The molecule has 0 aromatic heterocycles. The van der Waals surface area contributed by atoms with Gasteiger partial charge in [-0.1, -0.05) is 5.16 Å². The number of carbonyl (C=O) groups is 2. The fourth-order valence-electron chi connectivity index (χ4n) is 1.41. The van der Waals surface area contributed by atoms with Crippen molar-refractivity contribution in [2.24, 2.45) is 5.16 Å². The average Bonchev–Trinajstić information content (AvgIpc) is 2.30. The first-order valence-electron chi connectivity index (χ1n) is 5.84. The summed E-state index contributed by atoms with van der Waals surface area (Å²) < 4.78 is 10.3. The van der Waals surface area contributed by atoms with E-state index in [1.54, 1.807) is 6.92 Å². The van der Waals surface area contributed by atoms with Gasteiger partial charge in [-0.3, -0.25) is 4.79 Å². The second-order valence-electron chi connectivity index (χ2n) is 4.86. The van der Waals surface area contributed by atoms with E-state index in [4.69, 9.17) is 4.74 Å². The van der Waals surface area contributed by atoms with Gasteiger partial charge >= 0.3 is 5.97 Å². The van der Waals surface area contributed by atoms with E-state index in [2.05, 4.69) is 20.0 Å². The number of ether oxygens (including phenoxy) is 2. The molecule has 2 atom stereocenters. The number of carbonyl (C=O) groups excluding carboxylic acids is 2. The summed E-state index contributed by atoms with van der Waals surface area (Å²) in [4.78, 5) is 27.5. The van der Waals surface area contributed by atoms with Gasteiger partial charge in [0, 0.05) is 0 Å². The SMILES string of the molecule is CO/N=C/C(=O)N[C@H](C(=O)OC)[C@@H](C)OC(C)(C)C. The maximum absolute atomic E-state index is 11.7. The standard InChI is InChI=1S/C12H22N2O5/c1-8(19-12(2,3)4)10(11(16)17-5)14-9(15)7-13-18-6/h7-8,10H,1-6H3,(H,14,15)/b13-7+/t8-,10+/m1/s1. The summed E-state index contributed by atoms with van der Waals surface area (Å²) >= 11 is 0. The van der Waals surface area contributed by atoms with Gasteiger partial charge in [-0.05, 0) is 27.7 Å². The summed E-state index contributed by atoms with van der Waals surface area (Å²) in [5.74, 6) is -1.16. The van der Waals surface area contributed by atoms with Crippen molar-refractivity contribution in [2.75, 3.05) is 14.2 Å². The van der Waals surface area contributed by atoms with Crippen molar-refractivity contribution in [3.63, 3.8) is 0 Å². The minimum atomic E-state index is -0.917. The van der Waals surface area contributed by atoms with Gasteiger partial charge in [-0.2, -0.15) is 0 Å². The van der Waals surface area contributed by atoms with Crippen LogP contribution in [0.5, 0.6) is 0 Å². The molecule has 7 heteroatoms.